The Hall–Kier alpha value is -0.570. The number of likely N-dealkylation sites (tertiary alicyclic amines) is 1. The van der Waals surface area contributed by atoms with E-state index in [4.69, 9.17) is 5.73 Å². The maximum atomic E-state index is 10.8. The summed E-state index contributed by atoms with van der Waals surface area (Å²) in [5.74, 6) is 0.396. The number of nitrogens with two attached hydrogens (primary N) is 1. The van der Waals surface area contributed by atoms with Crippen LogP contribution in [0.2, 0.25) is 0 Å². The summed E-state index contributed by atoms with van der Waals surface area (Å²) in [6, 6.07) is 0.825. The number of amides is 1. The Balaban J connectivity index is 1.80. The van der Waals surface area contributed by atoms with E-state index in [0.717, 1.165) is 12.6 Å². The Labute approximate surface area is 85.6 Å². The highest BCUT2D eigenvalue weighted by molar-refractivity contribution is 5.74. The highest BCUT2D eigenvalue weighted by Gasteiger charge is 2.29. The monoisotopic (exact) mass is 196 g/mol. The molecule has 3 nitrogen and oxygen atoms in total. The molecule has 14 heavy (non-hydrogen) atoms. The summed E-state index contributed by atoms with van der Waals surface area (Å²) >= 11 is 0. The van der Waals surface area contributed by atoms with Gasteiger partial charge in [0.15, 0.2) is 0 Å². The zero-order chi connectivity index (χ0) is 9.97. The number of hydrogen-bond acceptors (Lipinski definition) is 2. The lowest BCUT2D eigenvalue weighted by molar-refractivity contribution is -0.119. The first-order chi connectivity index (χ1) is 6.75. The van der Waals surface area contributed by atoms with Crippen LogP contribution in [0.25, 0.3) is 0 Å². The van der Waals surface area contributed by atoms with E-state index in [0.29, 0.717) is 12.3 Å². The van der Waals surface area contributed by atoms with Crippen LogP contribution in [0.15, 0.2) is 0 Å². The van der Waals surface area contributed by atoms with Gasteiger partial charge in [0.05, 0.1) is 0 Å². The number of hydrogen-bond donors (Lipinski definition) is 1. The van der Waals surface area contributed by atoms with E-state index in [2.05, 4.69) is 4.90 Å². The minimum absolute atomic E-state index is 0.134. The van der Waals surface area contributed by atoms with Gasteiger partial charge in [0.2, 0.25) is 5.91 Å². The van der Waals surface area contributed by atoms with Crippen molar-refractivity contribution < 1.29 is 4.79 Å². The molecule has 1 aliphatic carbocycles. The van der Waals surface area contributed by atoms with Gasteiger partial charge in [0.25, 0.3) is 0 Å². The van der Waals surface area contributed by atoms with Crippen LogP contribution >= 0.6 is 0 Å². The molecule has 1 heterocycles. The fourth-order valence-electron chi connectivity index (χ4n) is 2.63. The third kappa shape index (κ3) is 2.27. The van der Waals surface area contributed by atoms with E-state index in [1.807, 2.05) is 0 Å². The SMILES string of the molecule is NC(=O)CC1CCCN(C2CCC2)C1. The molecule has 2 aliphatic rings. The van der Waals surface area contributed by atoms with Crippen molar-refractivity contribution in [2.24, 2.45) is 11.7 Å². The van der Waals surface area contributed by atoms with E-state index < -0.39 is 0 Å². The Bertz CT molecular complexity index is 213. The van der Waals surface area contributed by atoms with Crippen LogP contribution < -0.4 is 5.73 Å². The summed E-state index contributed by atoms with van der Waals surface area (Å²) < 4.78 is 0. The average molecular weight is 196 g/mol. The fraction of sp³-hybridized carbons (Fsp3) is 0.909. The average Bonchev–Trinajstić information content (AvgIpc) is 1.99. The van der Waals surface area contributed by atoms with Gasteiger partial charge in [-0.3, -0.25) is 4.79 Å². The molecule has 0 bridgehead atoms. The number of nitrogens with zero attached hydrogens (tertiary/aromatic N) is 1. The quantitative estimate of drug-likeness (QED) is 0.735. The van der Waals surface area contributed by atoms with Crippen LogP contribution in [0.3, 0.4) is 0 Å². The maximum Gasteiger partial charge on any atom is 0.217 e. The summed E-state index contributed by atoms with van der Waals surface area (Å²) in [6.45, 7) is 2.34. The zero-order valence-electron chi connectivity index (χ0n) is 8.74. The second-order valence-electron chi connectivity index (χ2n) is 4.76. The second kappa shape index (κ2) is 4.30. The maximum absolute atomic E-state index is 10.8. The number of carbonyl (C=O) groups excluding carboxylic acids is 1. The largest absolute Gasteiger partial charge is 0.370 e. The first-order valence-corrected chi connectivity index (χ1v) is 5.78. The van der Waals surface area contributed by atoms with Crippen molar-refractivity contribution in [3.05, 3.63) is 0 Å². The van der Waals surface area contributed by atoms with E-state index in [1.54, 1.807) is 0 Å². The topological polar surface area (TPSA) is 46.3 Å². The van der Waals surface area contributed by atoms with Gasteiger partial charge in [-0.25, -0.2) is 0 Å². The van der Waals surface area contributed by atoms with Crippen LogP contribution in [0.5, 0.6) is 0 Å². The molecule has 1 saturated carbocycles. The van der Waals surface area contributed by atoms with Crippen molar-refractivity contribution in [3.8, 4) is 0 Å². The molecule has 0 aromatic heterocycles. The van der Waals surface area contributed by atoms with Crippen molar-refractivity contribution in [1.82, 2.24) is 4.90 Å². The van der Waals surface area contributed by atoms with E-state index in [9.17, 15) is 4.79 Å². The normalized spacial score (nSPS) is 29.9. The predicted octanol–water partition coefficient (Wildman–Crippen LogP) is 1.13. The van der Waals surface area contributed by atoms with Crippen molar-refractivity contribution in [1.29, 1.82) is 0 Å². The van der Waals surface area contributed by atoms with Gasteiger partial charge < -0.3 is 10.6 Å². The number of carbonyl (C=O) groups is 1. The van der Waals surface area contributed by atoms with Crippen LogP contribution in [-0.2, 0) is 4.79 Å². The Morgan fingerprint density at radius 2 is 2.07 bits per heavy atom. The van der Waals surface area contributed by atoms with Gasteiger partial charge in [-0.2, -0.15) is 0 Å². The molecule has 1 atom stereocenters. The van der Waals surface area contributed by atoms with Crippen molar-refractivity contribution >= 4 is 5.91 Å². The molecule has 80 valence electrons. The molecule has 1 aliphatic heterocycles. The van der Waals surface area contributed by atoms with E-state index >= 15 is 0 Å². The molecular formula is C11H20N2O. The molecule has 2 rings (SSSR count). The second-order valence-corrected chi connectivity index (χ2v) is 4.76. The Morgan fingerprint density at radius 3 is 2.64 bits per heavy atom. The predicted molar refractivity (Wildman–Crippen MR) is 55.7 cm³/mol. The van der Waals surface area contributed by atoms with E-state index in [-0.39, 0.29) is 5.91 Å². The first kappa shape index (κ1) is 9.97. The minimum atomic E-state index is -0.134. The van der Waals surface area contributed by atoms with Crippen molar-refractivity contribution in [2.45, 2.75) is 44.6 Å². The summed E-state index contributed by atoms with van der Waals surface area (Å²) in [7, 11) is 0. The summed E-state index contributed by atoms with van der Waals surface area (Å²) in [4.78, 5) is 13.4. The lowest BCUT2D eigenvalue weighted by Gasteiger charge is -2.42. The third-order valence-corrected chi connectivity index (χ3v) is 3.63. The fourth-order valence-corrected chi connectivity index (χ4v) is 2.63. The van der Waals surface area contributed by atoms with Crippen LogP contribution in [0.4, 0.5) is 0 Å². The standard InChI is InChI=1S/C11H20N2O/c12-11(14)7-9-3-2-6-13(8-9)10-4-1-5-10/h9-10H,1-8H2,(H2,12,14). The summed E-state index contributed by atoms with van der Waals surface area (Å²) in [5.41, 5.74) is 5.23. The lowest BCUT2D eigenvalue weighted by atomic mass is 9.87. The molecule has 2 fully saturated rings. The minimum Gasteiger partial charge on any atom is -0.370 e. The van der Waals surface area contributed by atoms with Crippen LogP contribution in [0, 0.1) is 5.92 Å². The number of rotatable bonds is 3. The Morgan fingerprint density at radius 1 is 1.29 bits per heavy atom. The van der Waals surface area contributed by atoms with Crippen molar-refractivity contribution in [3.63, 3.8) is 0 Å². The van der Waals surface area contributed by atoms with E-state index in [1.165, 1.54) is 38.6 Å². The zero-order valence-corrected chi connectivity index (χ0v) is 8.74. The van der Waals surface area contributed by atoms with Crippen LogP contribution in [0.1, 0.15) is 38.5 Å². The van der Waals surface area contributed by atoms with Gasteiger partial charge in [-0.1, -0.05) is 6.42 Å². The lowest BCUT2D eigenvalue weighted by Crippen LogP contribution is -2.46. The number of primary amides is 1. The molecule has 3 heteroatoms. The summed E-state index contributed by atoms with van der Waals surface area (Å²) in [6.07, 6.45) is 7.14. The third-order valence-electron chi connectivity index (χ3n) is 3.63. The molecule has 0 aromatic carbocycles. The van der Waals surface area contributed by atoms with Gasteiger partial charge >= 0.3 is 0 Å². The molecule has 0 spiro atoms. The Kier molecular flexibility index (Phi) is 3.06. The molecule has 1 unspecified atom stereocenters. The van der Waals surface area contributed by atoms with Gasteiger partial charge in [-0.15, -0.1) is 0 Å². The van der Waals surface area contributed by atoms with Crippen LogP contribution in [-0.4, -0.2) is 29.9 Å². The van der Waals surface area contributed by atoms with Crippen molar-refractivity contribution in [2.75, 3.05) is 13.1 Å². The number of piperidine rings is 1. The molecule has 0 aromatic rings. The molecule has 1 saturated heterocycles. The highest BCUT2D eigenvalue weighted by Crippen LogP contribution is 2.29. The highest BCUT2D eigenvalue weighted by atomic mass is 16.1. The van der Waals surface area contributed by atoms with Gasteiger partial charge in [0.1, 0.15) is 0 Å². The molecule has 2 N–H and O–H groups in total. The first-order valence-electron chi connectivity index (χ1n) is 5.78. The van der Waals surface area contributed by atoms with Gasteiger partial charge in [-0.05, 0) is 38.1 Å². The molecular weight excluding hydrogens is 176 g/mol. The summed E-state index contributed by atoms with van der Waals surface area (Å²) in [5, 5.41) is 0. The van der Waals surface area contributed by atoms with Gasteiger partial charge in [0, 0.05) is 19.0 Å². The molecule has 1 amide bonds. The molecule has 0 radical (unpaired) electrons. The smallest absolute Gasteiger partial charge is 0.217 e.